The molecule has 6 nitrogen and oxygen atoms in total. The normalized spacial score (nSPS) is 16.6. The first kappa shape index (κ1) is 16.4. The highest BCUT2D eigenvalue weighted by molar-refractivity contribution is 8.08. The Bertz CT molecular complexity index is 795. The summed E-state index contributed by atoms with van der Waals surface area (Å²) in [6.07, 6.45) is 6.20. The lowest BCUT2D eigenvalue weighted by Crippen LogP contribution is -2.10. The minimum absolute atomic E-state index is 0.0268. The van der Waals surface area contributed by atoms with Crippen LogP contribution >= 0.6 is 23.1 Å². The third-order valence-corrected chi connectivity index (χ3v) is 5.08. The van der Waals surface area contributed by atoms with Gasteiger partial charge in [0.05, 0.1) is 17.3 Å². The minimum atomic E-state index is -0.442. The van der Waals surface area contributed by atoms with Gasteiger partial charge in [-0.3, -0.25) is 0 Å². The number of thiophene rings is 1. The van der Waals surface area contributed by atoms with E-state index in [1.165, 1.54) is 35.3 Å². The quantitative estimate of drug-likeness (QED) is 0.506. The molecular weight excluding hydrogens is 348 g/mol. The van der Waals surface area contributed by atoms with E-state index in [-0.39, 0.29) is 11.7 Å². The van der Waals surface area contributed by atoms with Crippen LogP contribution < -0.4 is 5.32 Å². The summed E-state index contributed by atoms with van der Waals surface area (Å²) in [7, 11) is 0. The van der Waals surface area contributed by atoms with Crippen LogP contribution in [0.5, 0.6) is 0 Å². The fraction of sp³-hybridized carbons (Fsp3) is 0.125. The Morgan fingerprint density at radius 1 is 1.29 bits per heavy atom. The highest BCUT2D eigenvalue weighted by Crippen LogP contribution is 2.41. The van der Waals surface area contributed by atoms with Crippen LogP contribution in [0.2, 0.25) is 0 Å². The smallest absolute Gasteiger partial charge is 0.347 e. The topological polar surface area (TPSA) is 87.5 Å². The molecule has 24 heavy (non-hydrogen) atoms. The van der Waals surface area contributed by atoms with Crippen molar-refractivity contribution in [3.05, 3.63) is 72.6 Å². The molecule has 1 aromatic rings. The lowest BCUT2D eigenvalue weighted by molar-refractivity contribution is -0.377. The largest absolute Gasteiger partial charge is 0.612 e. The van der Waals surface area contributed by atoms with E-state index in [4.69, 9.17) is 4.74 Å². The average Bonchev–Trinajstić information content (AvgIpc) is 3.24. The van der Waals surface area contributed by atoms with E-state index in [1.807, 2.05) is 16.8 Å². The second-order valence-electron chi connectivity index (χ2n) is 4.80. The molecule has 124 valence electrons. The van der Waals surface area contributed by atoms with Crippen LogP contribution in [0.15, 0.2) is 56.6 Å². The standard InChI is InChI=1S/C16H13N2O4S2/c1-2-22-16(19)14-13(11-7-8-23-9-11)17-15(24-14)10-3-5-12(6-4-10)18(20)21/h3-9H,2H2,1H3,(H-,17,19,20,21)/q-1. The molecule has 0 saturated heterocycles. The van der Waals surface area contributed by atoms with Crippen LogP contribution in [0.25, 0.3) is 5.70 Å². The molecule has 1 N–H and O–H groups in total. The van der Waals surface area contributed by atoms with Crippen LogP contribution in [0.4, 0.5) is 0 Å². The Labute approximate surface area is 146 Å². The Morgan fingerprint density at radius 3 is 2.62 bits per heavy atom. The Morgan fingerprint density at radius 2 is 2.04 bits per heavy atom. The number of allylic oxidation sites excluding steroid dienone is 5. The maximum absolute atomic E-state index is 12.2. The number of nitrogens with zero attached hydrogens (tertiary/aromatic N) is 1. The van der Waals surface area contributed by atoms with Crippen molar-refractivity contribution in [3.63, 3.8) is 0 Å². The average molecular weight is 361 g/mol. The van der Waals surface area contributed by atoms with Gasteiger partial charge in [0.2, 0.25) is 5.71 Å². The molecule has 0 spiro atoms. The second kappa shape index (κ2) is 6.98. The van der Waals surface area contributed by atoms with E-state index in [9.17, 15) is 15.2 Å². The van der Waals surface area contributed by atoms with Crippen LogP contribution in [0.3, 0.4) is 0 Å². The molecule has 0 saturated carbocycles. The monoisotopic (exact) mass is 361 g/mol. The van der Waals surface area contributed by atoms with Gasteiger partial charge < -0.3 is 20.5 Å². The van der Waals surface area contributed by atoms with Crippen LogP contribution in [-0.4, -0.2) is 23.2 Å². The van der Waals surface area contributed by atoms with Crippen LogP contribution in [0, 0.1) is 10.4 Å². The third kappa shape index (κ3) is 3.24. The van der Waals surface area contributed by atoms with E-state index in [2.05, 4.69) is 5.32 Å². The summed E-state index contributed by atoms with van der Waals surface area (Å²) < 4.78 is 5.13. The number of carbonyl (C=O) groups excluding carboxylic acids is 1. The molecule has 3 rings (SSSR count). The molecule has 0 amide bonds. The van der Waals surface area contributed by atoms with Crippen LogP contribution in [0.1, 0.15) is 12.5 Å². The molecule has 1 aliphatic heterocycles. The van der Waals surface area contributed by atoms with Gasteiger partial charge in [-0.2, -0.15) is 16.2 Å². The summed E-state index contributed by atoms with van der Waals surface area (Å²) in [5.74, 6) is -0.381. The predicted molar refractivity (Wildman–Crippen MR) is 95.9 cm³/mol. The molecule has 1 aromatic heterocycles. The van der Waals surface area contributed by atoms with Gasteiger partial charge in [0.25, 0.3) is 0 Å². The van der Waals surface area contributed by atoms with E-state index < -0.39 is 4.90 Å². The van der Waals surface area contributed by atoms with Crippen molar-refractivity contribution in [2.45, 2.75) is 6.92 Å². The Kier molecular flexibility index (Phi) is 4.77. The first-order valence-electron chi connectivity index (χ1n) is 7.10. The van der Waals surface area contributed by atoms with Gasteiger partial charge >= 0.3 is 5.97 Å². The van der Waals surface area contributed by atoms with Crippen molar-refractivity contribution in [3.8, 4) is 0 Å². The van der Waals surface area contributed by atoms with Crippen molar-refractivity contribution in [1.82, 2.24) is 5.32 Å². The minimum Gasteiger partial charge on any atom is -0.612 e. The zero-order valence-corrected chi connectivity index (χ0v) is 14.3. The molecule has 2 aliphatic rings. The molecule has 0 unspecified atom stereocenters. The Hall–Kier alpha value is -2.45. The molecule has 0 atom stereocenters. The molecule has 8 heteroatoms. The van der Waals surface area contributed by atoms with Gasteiger partial charge in [0, 0.05) is 28.7 Å². The fourth-order valence-corrected chi connectivity index (χ4v) is 3.84. The maximum atomic E-state index is 12.2. The first-order valence-corrected chi connectivity index (χ1v) is 8.86. The van der Waals surface area contributed by atoms with Gasteiger partial charge in [-0.1, -0.05) is 11.8 Å². The molecule has 2 heterocycles. The highest BCUT2D eigenvalue weighted by atomic mass is 32.2. The fourth-order valence-electron chi connectivity index (χ4n) is 2.16. The van der Waals surface area contributed by atoms with Gasteiger partial charge in [0.15, 0.2) is 0 Å². The summed E-state index contributed by atoms with van der Waals surface area (Å²) in [4.78, 5) is 12.3. The SMILES string of the molecule is CCOC(=O)C1=C(c2ccsc2)NC(=C2C=CC(=[N+]([O-])[O-])C=C2)S1. The summed E-state index contributed by atoms with van der Waals surface area (Å²) in [6.45, 7) is 2.06. The molecule has 0 bridgehead atoms. The summed E-state index contributed by atoms with van der Waals surface area (Å²) >= 11 is 2.81. The number of ether oxygens (including phenoxy) is 1. The van der Waals surface area contributed by atoms with Crippen molar-refractivity contribution in [1.29, 1.82) is 0 Å². The zero-order valence-electron chi connectivity index (χ0n) is 12.6. The molecule has 0 fully saturated rings. The number of nitrogens with one attached hydrogen (secondary N) is 1. The van der Waals surface area contributed by atoms with Crippen molar-refractivity contribution in [2.75, 3.05) is 6.61 Å². The van der Waals surface area contributed by atoms with E-state index in [0.29, 0.717) is 17.2 Å². The highest BCUT2D eigenvalue weighted by Gasteiger charge is 2.29. The van der Waals surface area contributed by atoms with E-state index in [0.717, 1.165) is 16.2 Å². The zero-order chi connectivity index (χ0) is 17.1. The van der Waals surface area contributed by atoms with Crippen molar-refractivity contribution >= 4 is 40.5 Å². The third-order valence-electron chi connectivity index (χ3n) is 3.28. The van der Waals surface area contributed by atoms with Crippen LogP contribution in [-0.2, 0) is 9.53 Å². The number of hydrogen-bond donors (Lipinski definition) is 1. The molecule has 0 radical (unpaired) electrons. The van der Waals surface area contributed by atoms with Gasteiger partial charge in [-0.05, 0) is 30.5 Å². The Balaban J connectivity index is 1.93. The molecule has 1 aliphatic carbocycles. The van der Waals surface area contributed by atoms with Gasteiger partial charge in [-0.25, -0.2) is 4.79 Å². The summed E-state index contributed by atoms with van der Waals surface area (Å²) in [6, 6.07) is 1.92. The summed E-state index contributed by atoms with van der Waals surface area (Å²) in [5, 5.41) is 29.4. The van der Waals surface area contributed by atoms with Crippen molar-refractivity contribution in [2.24, 2.45) is 0 Å². The lowest BCUT2D eigenvalue weighted by atomic mass is 10.1. The molecular formula is C16H13N2O4S2-. The van der Waals surface area contributed by atoms with E-state index in [1.54, 1.807) is 19.1 Å². The number of esters is 1. The van der Waals surface area contributed by atoms with Gasteiger partial charge in [-0.15, -0.1) is 0 Å². The van der Waals surface area contributed by atoms with Gasteiger partial charge in [0.1, 0.15) is 4.91 Å². The summed E-state index contributed by atoms with van der Waals surface area (Å²) in [5.41, 5.74) is 2.41. The molecule has 0 aromatic carbocycles. The predicted octanol–water partition coefficient (Wildman–Crippen LogP) is 3.10. The van der Waals surface area contributed by atoms with Crippen molar-refractivity contribution < 1.29 is 14.4 Å². The first-order chi connectivity index (χ1) is 11.6. The number of thioether (sulfide) groups is 1. The second-order valence-corrected chi connectivity index (χ2v) is 6.60. The lowest BCUT2D eigenvalue weighted by Gasteiger charge is -2.10. The maximum Gasteiger partial charge on any atom is 0.347 e. The number of hydrogen-bond acceptors (Lipinski definition) is 7. The number of rotatable bonds is 3. The number of carbonyl (C=O) groups is 1. The van der Waals surface area contributed by atoms with E-state index >= 15 is 0 Å².